The molecule has 1 rings (SSSR count). The molecule has 1 N–H and O–H groups in total. The molecule has 0 aliphatic heterocycles. The van der Waals surface area contributed by atoms with Crippen molar-refractivity contribution in [3.63, 3.8) is 0 Å². The normalized spacial score (nSPS) is 9.62. The number of hydrogen-bond donors (Lipinski definition) is 1. The van der Waals surface area contributed by atoms with Gasteiger partial charge in [-0.1, -0.05) is 0 Å². The van der Waals surface area contributed by atoms with E-state index in [4.69, 9.17) is 5.11 Å². The minimum absolute atomic E-state index is 0.0903. The Bertz CT molecular complexity index is 171. The van der Waals surface area contributed by atoms with Crippen LogP contribution in [0.5, 0.6) is 6.01 Å². The highest BCUT2D eigenvalue weighted by molar-refractivity contribution is 4.94. The Hall–Kier alpha value is -0.990. The molecule has 1 heterocycles. The second-order valence-electron chi connectivity index (χ2n) is 1.51. The Morgan fingerprint density at radius 3 is 2.88 bits per heavy atom. The topological polar surface area (TPSA) is 38.0 Å². The van der Waals surface area contributed by atoms with Crippen LogP contribution in [0.2, 0.25) is 0 Å². The molecule has 0 unspecified atom stereocenters. The van der Waals surface area contributed by atoms with Gasteiger partial charge in [-0.05, 0) is 6.92 Å². The lowest BCUT2D eigenvalue weighted by Gasteiger charge is -1.93. The molecule has 0 aromatic carbocycles. The van der Waals surface area contributed by atoms with Crippen molar-refractivity contribution >= 4 is 0 Å². The molecule has 1 aromatic rings. The predicted molar refractivity (Wildman–Crippen MR) is 29.6 cm³/mol. The zero-order chi connectivity index (χ0) is 5.98. The molecule has 0 atom stereocenters. The molecule has 0 bridgehead atoms. The first kappa shape index (κ1) is 5.15. The summed E-state index contributed by atoms with van der Waals surface area (Å²) >= 11 is 0. The Morgan fingerprint density at radius 1 is 1.88 bits per heavy atom. The maximum atomic E-state index is 8.80. The molecule has 0 aliphatic carbocycles. The van der Waals surface area contributed by atoms with Gasteiger partial charge in [-0.2, -0.15) is 0 Å². The van der Waals surface area contributed by atoms with Crippen LogP contribution in [-0.4, -0.2) is 14.7 Å². The van der Waals surface area contributed by atoms with Crippen LogP contribution in [-0.2, 0) is 6.54 Å². The van der Waals surface area contributed by atoms with Gasteiger partial charge in [0.05, 0.1) is 0 Å². The van der Waals surface area contributed by atoms with Gasteiger partial charge in [0.25, 0.3) is 6.01 Å². The first-order valence-corrected chi connectivity index (χ1v) is 2.54. The van der Waals surface area contributed by atoms with E-state index in [1.165, 1.54) is 0 Å². The molecule has 0 aliphatic rings. The smallest absolute Gasteiger partial charge is 0.293 e. The van der Waals surface area contributed by atoms with Crippen LogP contribution >= 0.6 is 0 Å². The lowest BCUT2D eigenvalue weighted by atomic mass is 10.7. The Balaban J connectivity index is 2.92. The lowest BCUT2D eigenvalue weighted by molar-refractivity contribution is 0.402. The summed E-state index contributed by atoms with van der Waals surface area (Å²) in [7, 11) is 0. The molecule has 0 radical (unpaired) electrons. The predicted octanol–water partition coefficient (Wildman–Crippen LogP) is 0.609. The summed E-state index contributed by atoms with van der Waals surface area (Å²) in [4.78, 5) is 3.61. The van der Waals surface area contributed by atoms with Crippen molar-refractivity contribution in [2.75, 3.05) is 0 Å². The molecular formula is C5H8N2O. The first-order valence-electron chi connectivity index (χ1n) is 2.54. The van der Waals surface area contributed by atoms with Crippen molar-refractivity contribution in [2.45, 2.75) is 13.5 Å². The molecule has 0 amide bonds. The molecule has 0 fully saturated rings. The summed E-state index contributed by atoms with van der Waals surface area (Å²) in [5.74, 6) is 0. The van der Waals surface area contributed by atoms with E-state index in [9.17, 15) is 0 Å². The highest BCUT2D eigenvalue weighted by Gasteiger charge is 1.92. The minimum atomic E-state index is 0.0903. The third kappa shape index (κ3) is 0.665. The van der Waals surface area contributed by atoms with Gasteiger partial charge in [0.15, 0.2) is 0 Å². The number of nitrogens with zero attached hydrogens (tertiary/aromatic N) is 2. The van der Waals surface area contributed by atoms with Crippen molar-refractivity contribution in [3.05, 3.63) is 12.4 Å². The summed E-state index contributed by atoms with van der Waals surface area (Å²) in [6, 6.07) is 0.0903. The molecule has 8 heavy (non-hydrogen) atoms. The molecule has 1 aromatic heterocycles. The van der Waals surface area contributed by atoms with E-state index >= 15 is 0 Å². The fourth-order valence-electron chi connectivity index (χ4n) is 0.568. The molecule has 0 saturated heterocycles. The van der Waals surface area contributed by atoms with Crippen LogP contribution < -0.4 is 0 Å². The number of aromatic hydroxyl groups is 1. The second kappa shape index (κ2) is 1.86. The van der Waals surface area contributed by atoms with Crippen molar-refractivity contribution in [2.24, 2.45) is 0 Å². The maximum absolute atomic E-state index is 8.80. The monoisotopic (exact) mass is 112 g/mol. The standard InChI is InChI=1S/C5H8N2O/c1-2-7-4-3-6-5(7)8/h3-4H,2H2,1H3,(H,6,8). The SMILES string of the molecule is CCn1ccnc1O. The van der Waals surface area contributed by atoms with Gasteiger partial charge in [0, 0.05) is 18.9 Å². The number of aryl methyl sites for hydroxylation is 1. The molecule has 44 valence electrons. The minimum Gasteiger partial charge on any atom is -0.480 e. The Kier molecular flexibility index (Phi) is 1.20. The number of imidazole rings is 1. The van der Waals surface area contributed by atoms with Crippen molar-refractivity contribution in [1.82, 2.24) is 9.55 Å². The zero-order valence-corrected chi connectivity index (χ0v) is 4.70. The summed E-state index contributed by atoms with van der Waals surface area (Å²) < 4.78 is 1.65. The largest absolute Gasteiger partial charge is 0.480 e. The fraction of sp³-hybridized carbons (Fsp3) is 0.400. The Labute approximate surface area is 47.6 Å². The van der Waals surface area contributed by atoms with Gasteiger partial charge in [0.2, 0.25) is 0 Å². The molecular weight excluding hydrogens is 104 g/mol. The van der Waals surface area contributed by atoms with E-state index in [2.05, 4.69) is 4.98 Å². The lowest BCUT2D eigenvalue weighted by Crippen LogP contribution is -1.88. The molecule has 3 heteroatoms. The van der Waals surface area contributed by atoms with Crippen molar-refractivity contribution < 1.29 is 5.11 Å². The molecule has 0 spiro atoms. The van der Waals surface area contributed by atoms with E-state index in [0.29, 0.717) is 0 Å². The summed E-state index contributed by atoms with van der Waals surface area (Å²) in [6.45, 7) is 2.72. The fourth-order valence-corrected chi connectivity index (χ4v) is 0.568. The van der Waals surface area contributed by atoms with Crippen LogP contribution in [0, 0.1) is 0 Å². The van der Waals surface area contributed by atoms with E-state index in [1.807, 2.05) is 6.92 Å². The summed E-state index contributed by atoms with van der Waals surface area (Å²) in [5.41, 5.74) is 0. The van der Waals surface area contributed by atoms with Gasteiger partial charge < -0.3 is 9.67 Å². The summed E-state index contributed by atoms with van der Waals surface area (Å²) in [5, 5.41) is 8.80. The van der Waals surface area contributed by atoms with Crippen LogP contribution in [0.3, 0.4) is 0 Å². The molecule has 0 saturated carbocycles. The van der Waals surface area contributed by atoms with Gasteiger partial charge >= 0.3 is 0 Å². The van der Waals surface area contributed by atoms with Gasteiger partial charge in [-0.15, -0.1) is 0 Å². The van der Waals surface area contributed by atoms with E-state index < -0.39 is 0 Å². The third-order valence-corrected chi connectivity index (χ3v) is 1.03. The van der Waals surface area contributed by atoms with Gasteiger partial charge in [0.1, 0.15) is 0 Å². The quantitative estimate of drug-likeness (QED) is 0.578. The van der Waals surface area contributed by atoms with Crippen LogP contribution in [0.15, 0.2) is 12.4 Å². The van der Waals surface area contributed by atoms with E-state index in [-0.39, 0.29) is 6.01 Å². The highest BCUT2D eigenvalue weighted by atomic mass is 16.3. The average Bonchev–Trinajstić information content (AvgIpc) is 2.14. The van der Waals surface area contributed by atoms with E-state index in [0.717, 1.165) is 6.54 Å². The van der Waals surface area contributed by atoms with Crippen molar-refractivity contribution in [3.8, 4) is 6.01 Å². The second-order valence-corrected chi connectivity index (χ2v) is 1.51. The summed E-state index contributed by atoms with van der Waals surface area (Å²) in [6.07, 6.45) is 3.30. The maximum Gasteiger partial charge on any atom is 0.293 e. The van der Waals surface area contributed by atoms with E-state index in [1.54, 1.807) is 17.0 Å². The van der Waals surface area contributed by atoms with Gasteiger partial charge in [-0.25, -0.2) is 4.98 Å². The van der Waals surface area contributed by atoms with Crippen molar-refractivity contribution in [1.29, 1.82) is 0 Å². The van der Waals surface area contributed by atoms with Crippen LogP contribution in [0.25, 0.3) is 0 Å². The number of hydrogen-bond acceptors (Lipinski definition) is 2. The van der Waals surface area contributed by atoms with Crippen LogP contribution in [0.1, 0.15) is 6.92 Å². The number of rotatable bonds is 1. The molecule has 3 nitrogen and oxygen atoms in total. The van der Waals surface area contributed by atoms with Crippen LogP contribution in [0.4, 0.5) is 0 Å². The Morgan fingerprint density at radius 2 is 2.62 bits per heavy atom. The average molecular weight is 112 g/mol. The highest BCUT2D eigenvalue weighted by Crippen LogP contribution is 2.01. The first-order chi connectivity index (χ1) is 3.84. The van der Waals surface area contributed by atoms with Gasteiger partial charge in [-0.3, -0.25) is 0 Å². The zero-order valence-electron chi connectivity index (χ0n) is 4.70. The number of aromatic nitrogens is 2. The third-order valence-electron chi connectivity index (χ3n) is 1.03.